The summed E-state index contributed by atoms with van der Waals surface area (Å²) in [5.41, 5.74) is 1.94. The molecule has 0 saturated heterocycles. The van der Waals surface area contributed by atoms with E-state index in [4.69, 9.17) is 4.52 Å². The third kappa shape index (κ3) is 1.64. The molecule has 2 heterocycles. The molecule has 0 aliphatic rings. The molecule has 0 bridgehead atoms. The quantitative estimate of drug-likeness (QED) is 0.802. The van der Waals surface area contributed by atoms with Crippen molar-refractivity contribution in [2.75, 3.05) is 0 Å². The summed E-state index contributed by atoms with van der Waals surface area (Å²) < 4.78 is 5.15. The Morgan fingerprint density at radius 2 is 2.12 bits per heavy atom. The zero-order valence-electron chi connectivity index (χ0n) is 10.0. The lowest BCUT2D eigenvalue weighted by atomic mass is 9.91. The molecule has 4 heteroatoms. The largest absolute Gasteiger partial charge is 0.337 e. The van der Waals surface area contributed by atoms with E-state index in [1.165, 1.54) is 0 Å². The summed E-state index contributed by atoms with van der Waals surface area (Å²) in [7, 11) is 0. The Labute approximate surface area is 93.6 Å². The second-order valence-electron chi connectivity index (χ2n) is 4.98. The minimum atomic E-state index is -0.105. The van der Waals surface area contributed by atoms with Crippen LogP contribution >= 0.6 is 0 Å². The van der Waals surface area contributed by atoms with Gasteiger partial charge in [-0.15, -0.1) is 0 Å². The lowest BCUT2D eigenvalue weighted by molar-refractivity contribution is 0.436. The first-order valence-electron chi connectivity index (χ1n) is 5.45. The van der Waals surface area contributed by atoms with E-state index in [1.54, 1.807) is 6.07 Å². The summed E-state index contributed by atoms with van der Waals surface area (Å²) in [5.74, 6) is 0. The highest BCUT2D eigenvalue weighted by molar-refractivity contribution is 5.75. The van der Waals surface area contributed by atoms with Crippen molar-refractivity contribution in [2.45, 2.75) is 39.5 Å². The number of pyridine rings is 1. The highest BCUT2D eigenvalue weighted by atomic mass is 16.5. The molecule has 0 aromatic carbocycles. The minimum absolute atomic E-state index is 0.0169. The maximum Gasteiger partial charge on any atom is 0.240 e. The number of hydrogen-bond acceptors (Lipinski definition) is 3. The average Bonchev–Trinajstić information content (AvgIpc) is 2.59. The van der Waals surface area contributed by atoms with Crippen LogP contribution in [0.5, 0.6) is 0 Å². The molecule has 0 aliphatic carbocycles. The van der Waals surface area contributed by atoms with Crippen LogP contribution in [0.3, 0.4) is 0 Å². The lowest BCUT2D eigenvalue weighted by Crippen LogP contribution is -2.17. The Balaban J connectivity index is 2.76. The number of H-pyrrole nitrogens is 1. The highest BCUT2D eigenvalue weighted by Gasteiger charge is 2.19. The van der Waals surface area contributed by atoms with Crippen LogP contribution in [0, 0.1) is 0 Å². The SMILES string of the molecule is CCc1noc2[nH]c(C(C)(C)C)cc(=O)c12. The number of aromatic amines is 1. The second-order valence-corrected chi connectivity index (χ2v) is 4.98. The molecule has 0 radical (unpaired) electrons. The molecule has 86 valence electrons. The van der Waals surface area contributed by atoms with Crippen LogP contribution in [-0.2, 0) is 11.8 Å². The molecule has 4 nitrogen and oxygen atoms in total. The first kappa shape index (κ1) is 10.9. The van der Waals surface area contributed by atoms with E-state index in [9.17, 15) is 4.79 Å². The van der Waals surface area contributed by atoms with E-state index in [1.807, 2.05) is 27.7 Å². The van der Waals surface area contributed by atoms with Gasteiger partial charge in [0.1, 0.15) is 5.39 Å². The van der Waals surface area contributed by atoms with Gasteiger partial charge < -0.3 is 9.51 Å². The average molecular weight is 220 g/mol. The Bertz CT molecular complexity index is 573. The fourth-order valence-electron chi connectivity index (χ4n) is 1.67. The lowest BCUT2D eigenvalue weighted by Gasteiger charge is -2.17. The zero-order chi connectivity index (χ0) is 11.9. The van der Waals surface area contributed by atoms with Crippen LogP contribution in [0.4, 0.5) is 0 Å². The monoisotopic (exact) mass is 220 g/mol. The smallest absolute Gasteiger partial charge is 0.240 e. The molecule has 0 unspecified atom stereocenters. The Hall–Kier alpha value is -1.58. The van der Waals surface area contributed by atoms with Crippen molar-refractivity contribution in [3.63, 3.8) is 0 Å². The molecule has 1 N–H and O–H groups in total. The van der Waals surface area contributed by atoms with Gasteiger partial charge in [0.2, 0.25) is 5.71 Å². The first-order chi connectivity index (χ1) is 7.43. The van der Waals surface area contributed by atoms with Gasteiger partial charge in [0.25, 0.3) is 0 Å². The molecule has 2 aromatic heterocycles. The van der Waals surface area contributed by atoms with E-state index >= 15 is 0 Å². The number of hydrogen-bond donors (Lipinski definition) is 1. The predicted octanol–water partition coefficient (Wildman–Crippen LogP) is 2.38. The normalized spacial score (nSPS) is 12.2. The molecular weight excluding hydrogens is 204 g/mol. The van der Waals surface area contributed by atoms with Crippen molar-refractivity contribution >= 4 is 11.1 Å². The molecule has 0 spiro atoms. The molecule has 0 aliphatic heterocycles. The van der Waals surface area contributed by atoms with Crippen molar-refractivity contribution in [1.82, 2.24) is 10.1 Å². The summed E-state index contributed by atoms with van der Waals surface area (Å²) >= 11 is 0. The third-order valence-electron chi connectivity index (χ3n) is 2.68. The van der Waals surface area contributed by atoms with E-state index in [0.29, 0.717) is 17.5 Å². The fraction of sp³-hybridized carbons (Fsp3) is 0.500. The summed E-state index contributed by atoms with van der Waals surface area (Å²) in [4.78, 5) is 15.1. The molecular formula is C12H16N2O2. The molecule has 0 fully saturated rings. The second kappa shape index (κ2) is 3.47. The van der Waals surface area contributed by atoms with Crippen molar-refractivity contribution in [3.8, 4) is 0 Å². The number of nitrogens with zero attached hydrogens (tertiary/aromatic N) is 1. The van der Waals surface area contributed by atoms with Crippen molar-refractivity contribution in [3.05, 3.63) is 27.7 Å². The van der Waals surface area contributed by atoms with E-state index in [-0.39, 0.29) is 10.8 Å². The van der Waals surface area contributed by atoms with Gasteiger partial charge in [-0.2, -0.15) is 0 Å². The van der Waals surface area contributed by atoms with Crippen molar-refractivity contribution in [1.29, 1.82) is 0 Å². The Morgan fingerprint density at radius 1 is 1.44 bits per heavy atom. The van der Waals surface area contributed by atoms with Crippen LogP contribution in [0.2, 0.25) is 0 Å². The van der Waals surface area contributed by atoms with E-state index in [0.717, 1.165) is 11.4 Å². The van der Waals surface area contributed by atoms with Crippen molar-refractivity contribution < 1.29 is 4.52 Å². The standard InChI is InChI=1S/C12H16N2O2/c1-5-7-10-8(15)6-9(12(2,3)4)13-11(10)16-14-7/h6H,5H2,1-4H3,(H,13,15). The van der Waals surface area contributed by atoms with Gasteiger partial charge in [-0.3, -0.25) is 4.79 Å². The van der Waals surface area contributed by atoms with Gasteiger partial charge in [-0.05, 0) is 6.42 Å². The first-order valence-corrected chi connectivity index (χ1v) is 5.45. The number of fused-ring (bicyclic) bond motifs is 1. The van der Waals surface area contributed by atoms with Gasteiger partial charge in [0, 0.05) is 17.2 Å². The summed E-state index contributed by atoms with van der Waals surface area (Å²) in [6.07, 6.45) is 0.699. The molecule has 0 amide bonds. The van der Waals surface area contributed by atoms with Crippen LogP contribution < -0.4 is 5.43 Å². The third-order valence-corrected chi connectivity index (χ3v) is 2.68. The fourth-order valence-corrected chi connectivity index (χ4v) is 1.67. The van der Waals surface area contributed by atoms with E-state index in [2.05, 4.69) is 10.1 Å². The predicted molar refractivity (Wildman–Crippen MR) is 62.7 cm³/mol. The van der Waals surface area contributed by atoms with Gasteiger partial charge >= 0.3 is 0 Å². The van der Waals surface area contributed by atoms with Crippen LogP contribution in [0.15, 0.2) is 15.4 Å². The summed E-state index contributed by atoms with van der Waals surface area (Å²) in [6.45, 7) is 8.08. The van der Waals surface area contributed by atoms with Crippen LogP contribution in [0.1, 0.15) is 39.1 Å². The molecule has 2 rings (SSSR count). The molecule has 16 heavy (non-hydrogen) atoms. The van der Waals surface area contributed by atoms with Crippen LogP contribution in [-0.4, -0.2) is 10.1 Å². The molecule has 2 aromatic rings. The van der Waals surface area contributed by atoms with Crippen LogP contribution in [0.25, 0.3) is 11.1 Å². The van der Waals surface area contributed by atoms with Gasteiger partial charge in [-0.1, -0.05) is 32.9 Å². The Morgan fingerprint density at radius 3 is 2.69 bits per heavy atom. The Kier molecular flexibility index (Phi) is 2.37. The van der Waals surface area contributed by atoms with Gasteiger partial charge in [0.15, 0.2) is 5.43 Å². The molecule has 0 atom stereocenters. The topological polar surface area (TPSA) is 58.9 Å². The molecule has 0 saturated carbocycles. The van der Waals surface area contributed by atoms with Gasteiger partial charge in [-0.25, -0.2) is 0 Å². The van der Waals surface area contributed by atoms with E-state index < -0.39 is 0 Å². The number of nitrogens with one attached hydrogen (secondary N) is 1. The zero-order valence-corrected chi connectivity index (χ0v) is 10.0. The maximum absolute atomic E-state index is 12.0. The number of rotatable bonds is 1. The highest BCUT2D eigenvalue weighted by Crippen LogP contribution is 2.21. The van der Waals surface area contributed by atoms with Gasteiger partial charge in [0.05, 0.1) is 5.69 Å². The summed E-state index contributed by atoms with van der Waals surface area (Å²) in [6, 6.07) is 1.64. The van der Waals surface area contributed by atoms with Crippen molar-refractivity contribution in [2.24, 2.45) is 0 Å². The number of aromatic nitrogens is 2. The summed E-state index contributed by atoms with van der Waals surface area (Å²) in [5, 5.41) is 4.47. The minimum Gasteiger partial charge on any atom is -0.337 e. The number of aryl methyl sites for hydroxylation is 1. The maximum atomic E-state index is 12.0.